The lowest BCUT2D eigenvalue weighted by atomic mass is 9.97. The number of hydrogen-bond acceptors (Lipinski definition) is 3. The van der Waals surface area contributed by atoms with Gasteiger partial charge in [0.1, 0.15) is 0 Å². The summed E-state index contributed by atoms with van der Waals surface area (Å²) in [6.45, 7) is 7.52. The average molecular weight is 324 g/mol. The van der Waals surface area contributed by atoms with Crippen LogP contribution in [0, 0.1) is 19.8 Å². The van der Waals surface area contributed by atoms with Gasteiger partial charge in [0, 0.05) is 26.2 Å². The summed E-state index contributed by atoms with van der Waals surface area (Å²) in [7, 11) is 0. The quantitative estimate of drug-likeness (QED) is 0.868. The van der Waals surface area contributed by atoms with Crippen LogP contribution in [0.3, 0.4) is 0 Å². The maximum Gasteiger partial charge on any atom is 0.0602 e. The highest BCUT2D eigenvalue weighted by Gasteiger charge is 2.20. The van der Waals surface area contributed by atoms with Crippen molar-refractivity contribution in [2.45, 2.75) is 33.2 Å². The summed E-state index contributed by atoms with van der Waals surface area (Å²) in [6, 6.07) is 15.2. The summed E-state index contributed by atoms with van der Waals surface area (Å²) < 4.78 is 0. The van der Waals surface area contributed by atoms with Crippen LogP contribution in [0.2, 0.25) is 0 Å². The van der Waals surface area contributed by atoms with Crippen LogP contribution < -0.4 is 10.2 Å². The van der Waals surface area contributed by atoms with Crippen LogP contribution in [0.15, 0.2) is 42.5 Å². The van der Waals surface area contributed by atoms with Gasteiger partial charge in [0.15, 0.2) is 0 Å². The number of nitrogens with zero attached hydrogens (tertiary/aromatic N) is 1. The Balaban J connectivity index is 1.69. The van der Waals surface area contributed by atoms with Crippen molar-refractivity contribution in [3.8, 4) is 0 Å². The summed E-state index contributed by atoms with van der Waals surface area (Å²) >= 11 is 0. The van der Waals surface area contributed by atoms with E-state index in [0.717, 1.165) is 32.5 Å². The van der Waals surface area contributed by atoms with Gasteiger partial charge in [0.2, 0.25) is 0 Å². The second kappa shape index (κ2) is 7.71. The third-order valence-corrected chi connectivity index (χ3v) is 5.17. The predicted molar refractivity (Wildman–Crippen MR) is 102 cm³/mol. The standard InChI is InChI=1S/C21H28N2O/c1-16-7-8-19(13-17(16)2)14-22-20-5-3-4-6-21(20)23-11-9-18(15-24)10-12-23/h3-8,13,18,22,24H,9-12,14-15H2,1-2H3. The van der Waals surface area contributed by atoms with Gasteiger partial charge in [-0.3, -0.25) is 0 Å². The molecule has 2 aromatic carbocycles. The van der Waals surface area contributed by atoms with E-state index >= 15 is 0 Å². The number of para-hydroxylation sites is 2. The zero-order valence-corrected chi connectivity index (χ0v) is 14.8. The van der Waals surface area contributed by atoms with Gasteiger partial charge in [-0.15, -0.1) is 0 Å². The second-order valence-corrected chi connectivity index (χ2v) is 6.90. The third-order valence-electron chi connectivity index (χ3n) is 5.17. The van der Waals surface area contributed by atoms with Gasteiger partial charge in [0.05, 0.1) is 11.4 Å². The van der Waals surface area contributed by atoms with Gasteiger partial charge < -0.3 is 15.3 Å². The normalized spacial score (nSPS) is 15.5. The Labute approximate surface area is 145 Å². The fourth-order valence-corrected chi connectivity index (χ4v) is 3.37. The molecule has 0 atom stereocenters. The summed E-state index contributed by atoms with van der Waals surface area (Å²) in [4.78, 5) is 2.44. The van der Waals surface area contributed by atoms with E-state index in [1.807, 2.05) is 0 Å². The van der Waals surface area contributed by atoms with Crippen molar-refractivity contribution in [2.75, 3.05) is 29.9 Å². The minimum absolute atomic E-state index is 0.320. The molecule has 1 aliphatic rings. The highest BCUT2D eigenvalue weighted by molar-refractivity contribution is 5.70. The number of nitrogens with one attached hydrogen (secondary N) is 1. The van der Waals surface area contributed by atoms with Gasteiger partial charge in [0.25, 0.3) is 0 Å². The zero-order valence-electron chi connectivity index (χ0n) is 14.8. The van der Waals surface area contributed by atoms with Crippen LogP contribution in [-0.4, -0.2) is 24.8 Å². The highest BCUT2D eigenvalue weighted by atomic mass is 16.3. The summed E-state index contributed by atoms with van der Waals surface area (Å²) in [6.07, 6.45) is 2.14. The predicted octanol–water partition coefficient (Wildman–Crippen LogP) is 4.12. The van der Waals surface area contributed by atoms with Crippen LogP contribution in [0.4, 0.5) is 11.4 Å². The number of benzene rings is 2. The molecule has 1 fully saturated rings. The zero-order chi connectivity index (χ0) is 16.9. The fourth-order valence-electron chi connectivity index (χ4n) is 3.37. The molecular formula is C21H28N2O. The van der Waals surface area contributed by atoms with E-state index in [4.69, 9.17) is 0 Å². The molecule has 1 saturated heterocycles. The van der Waals surface area contributed by atoms with Crippen LogP contribution in [0.5, 0.6) is 0 Å². The Morgan fingerprint density at radius 1 is 1.04 bits per heavy atom. The Morgan fingerprint density at radius 3 is 2.50 bits per heavy atom. The van der Waals surface area contributed by atoms with E-state index in [1.165, 1.54) is 28.1 Å². The molecular weight excluding hydrogens is 296 g/mol. The summed E-state index contributed by atoms with van der Waals surface area (Å²) in [5, 5.41) is 12.9. The summed E-state index contributed by atoms with van der Waals surface area (Å²) in [5.41, 5.74) is 6.46. The molecule has 1 heterocycles. The third kappa shape index (κ3) is 3.90. The van der Waals surface area contributed by atoms with Crippen molar-refractivity contribution >= 4 is 11.4 Å². The number of aliphatic hydroxyl groups is 1. The molecule has 2 aromatic rings. The van der Waals surface area contributed by atoms with Gasteiger partial charge in [-0.1, -0.05) is 30.3 Å². The van der Waals surface area contributed by atoms with Crippen molar-refractivity contribution in [3.63, 3.8) is 0 Å². The van der Waals surface area contributed by atoms with Crippen LogP contribution in [-0.2, 0) is 6.54 Å². The van der Waals surface area contributed by atoms with E-state index in [2.05, 4.69) is 66.5 Å². The Bertz CT molecular complexity index is 675. The molecule has 0 saturated carbocycles. The molecule has 0 aromatic heterocycles. The largest absolute Gasteiger partial charge is 0.396 e. The SMILES string of the molecule is Cc1ccc(CNc2ccccc2N2CCC(CO)CC2)cc1C. The van der Waals surface area contributed by atoms with E-state index in [-0.39, 0.29) is 0 Å². The van der Waals surface area contributed by atoms with Gasteiger partial charge in [-0.25, -0.2) is 0 Å². The van der Waals surface area contributed by atoms with Crippen molar-refractivity contribution in [2.24, 2.45) is 5.92 Å². The van der Waals surface area contributed by atoms with Crippen molar-refractivity contribution < 1.29 is 5.11 Å². The van der Waals surface area contributed by atoms with E-state index < -0.39 is 0 Å². The topological polar surface area (TPSA) is 35.5 Å². The van der Waals surface area contributed by atoms with Crippen molar-refractivity contribution in [1.82, 2.24) is 0 Å². The number of aliphatic hydroxyl groups excluding tert-OH is 1. The molecule has 0 spiro atoms. The lowest BCUT2D eigenvalue weighted by Gasteiger charge is -2.34. The minimum atomic E-state index is 0.320. The molecule has 0 aliphatic carbocycles. The van der Waals surface area contributed by atoms with E-state index in [9.17, 15) is 5.11 Å². The Hall–Kier alpha value is -2.00. The number of rotatable bonds is 5. The molecule has 0 unspecified atom stereocenters. The van der Waals surface area contributed by atoms with Crippen LogP contribution in [0.25, 0.3) is 0 Å². The molecule has 3 heteroatoms. The van der Waals surface area contributed by atoms with Crippen LogP contribution >= 0.6 is 0 Å². The van der Waals surface area contributed by atoms with E-state index in [0.29, 0.717) is 12.5 Å². The maximum absolute atomic E-state index is 9.32. The number of piperidine rings is 1. The molecule has 128 valence electrons. The van der Waals surface area contributed by atoms with Gasteiger partial charge in [-0.2, -0.15) is 0 Å². The molecule has 0 bridgehead atoms. The number of hydrogen-bond donors (Lipinski definition) is 2. The Morgan fingerprint density at radius 2 is 1.79 bits per heavy atom. The van der Waals surface area contributed by atoms with Crippen molar-refractivity contribution in [3.05, 3.63) is 59.2 Å². The first-order valence-electron chi connectivity index (χ1n) is 8.92. The van der Waals surface area contributed by atoms with E-state index in [1.54, 1.807) is 0 Å². The molecule has 3 rings (SSSR count). The number of aryl methyl sites for hydroxylation is 2. The maximum atomic E-state index is 9.32. The monoisotopic (exact) mass is 324 g/mol. The Kier molecular flexibility index (Phi) is 5.41. The molecule has 0 amide bonds. The van der Waals surface area contributed by atoms with Gasteiger partial charge in [-0.05, 0) is 61.4 Å². The molecule has 24 heavy (non-hydrogen) atoms. The lowest BCUT2D eigenvalue weighted by Crippen LogP contribution is -2.35. The molecule has 0 radical (unpaired) electrons. The first kappa shape index (κ1) is 16.8. The fraction of sp³-hybridized carbons (Fsp3) is 0.429. The average Bonchev–Trinajstić information content (AvgIpc) is 2.63. The second-order valence-electron chi connectivity index (χ2n) is 6.90. The highest BCUT2D eigenvalue weighted by Crippen LogP contribution is 2.30. The first-order valence-corrected chi connectivity index (χ1v) is 8.92. The first-order chi connectivity index (χ1) is 11.7. The summed E-state index contributed by atoms with van der Waals surface area (Å²) in [5.74, 6) is 0.469. The number of anilines is 2. The molecule has 2 N–H and O–H groups in total. The minimum Gasteiger partial charge on any atom is -0.396 e. The smallest absolute Gasteiger partial charge is 0.0602 e. The molecule has 1 aliphatic heterocycles. The van der Waals surface area contributed by atoms with Crippen molar-refractivity contribution in [1.29, 1.82) is 0 Å². The lowest BCUT2D eigenvalue weighted by molar-refractivity contribution is 0.203. The van der Waals surface area contributed by atoms with Crippen LogP contribution in [0.1, 0.15) is 29.5 Å². The van der Waals surface area contributed by atoms with Gasteiger partial charge >= 0.3 is 0 Å². The molecule has 3 nitrogen and oxygen atoms in total.